The first-order valence-electron chi connectivity index (χ1n) is 3.80. The zero-order valence-electron chi connectivity index (χ0n) is 6.49. The largest absolute Gasteiger partial charge is 0.489 e. The molecule has 12 heavy (non-hydrogen) atoms. The molecule has 2 rings (SSSR count). The molecule has 1 aliphatic heterocycles. The Morgan fingerprint density at radius 1 is 1.25 bits per heavy atom. The van der Waals surface area contributed by atoms with Gasteiger partial charge in [0, 0.05) is 11.6 Å². The van der Waals surface area contributed by atoms with Crippen LogP contribution in [0, 0.1) is 0 Å². The predicted molar refractivity (Wildman–Crippen MR) is 45.4 cm³/mol. The molecule has 0 saturated heterocycles. The fourth-order valence-electron chi connectivity index (χ4n) is 1.17. The maximum atomic E-state index is 11.1. The second-order valence-corrected chi connectivity index (χ2v) is 2.60. The molecular weight excluding hydrogens is 152 g/mol. The van der Waals surface area contributed by atoms with Gasteiger partial charge in [-0.15, -0.1) is 0 Å². The summed E-state index contributed by atoms with van der Waals surface area (Å²) >= 11 is 0. The van der Waals surface area contributed by atoms with Crippen molar-refractivity contribution < 1.29 is 9.53 Å². The third-order valence-corrected chi connectivity index (χ3v) is 1.75. The van der Waals surface area contributed by atoms with Crippen molar-refractivity contribution in [1.29, 1.82) is 0 Å². The highest BCUT2D eigenvalue weighted by Gasteiger charge is 2.11. The molecule has 0 saturated carbocycles. The smallest absolute Gasteiger partial charge is 0.182 e. The number of carbonyl (C=O) groups excluding carboxylic acids is 1. The lowest BCUT2D eigenvalue weighted by atomic mass is 10.1. The van der Waals surface area contributed by atoms with Crippen LogP contribution in [0.5, 0.6) is 0 Å². The Bertz CT molecular complexity index is 330. The third-order valence-electron chi connectivity index (χ3n) is 1.75. The van der Waals surface area contributed by atoms with Gasteiger partial charge >= 0.3 is 0 Å². The Labute approximate surface area is 70.5 Å². The maximum Gasteiger partial charge on any atom is 0.182 e. The zero-order chi connectivity index (χ0) is 8.39. The molecule has 0 aromatic rings. The topological polar surface area (TPSA) is 26.3 Å². The first kappa shape index (κ1) is 7.10. The molecule has 0 fully saturated rings. The van der Waals surface area contributed by atoms with E-state index in [1.165, 1.54) is 12.2 Å². The van der Waals surface area contributed by atoms with Crippen molar-refractivity contribution >= 4 is 5.78 Å². The third kappa shape index (κ3) is 1.23. The highest BCUT2D eigenvalue weighted by molar-refractivity contribution is 6.00. The van der Waals surface area contributed by atoms with Crippen LogP contribution in [0.15, 0.2) is 47.8 Å². The summed E-state index contributed by atoms with van der Waals surface area (Å²) in [7, 11) is 0. The molecular formula is C10H8O2. The second kappa shape index (κ2) is 2.81. The molecule has 0 amide bonds. The van der Waals surface area contributed by atoms with Crippen molar-refractivity contribution in [3.63, 3.8) is 0 Å². The lowest BCUT2D eigenvalue weighted by Crippen LogP contribution is -1.93. The maximum absolute atomic E-state index is 11.1. The zero-order valence-corrected chi connectivity index (χ0v) is 6.49. The van der Waals surface area contributed by atoms with Gasteiger partial charge in [-0.25, -0.2) is 0 Å². The van der Waals surface area contributed by atoms with Gasteiger partial charge in [-0.2, -0.15) is 0 Å². The number of fused-ring (bicyclic) bond motifs is 1. The summed E-state index contributed by atoms with van der Waals surface area (Å²) in [5.74, 6) is 0.655. The highest BCUT2D eigenvalue weighted by atomic mass is 16.5. The van der Waals surface area contributed by atoms with Crippen LogP contribution in [-0.4, -0.2) is 12.4 Å². The van der Waals surface area contributed by atoms with Gasteiger partial charge in [-0.05, 0) is 12.2 Å². The summed E-state index contributed by atoms with van der Waals surface area (Å²) in [4.78, 5) is 11.1. The van der Waals surface area contributed by atoms with E-state index in [-0.39, 0.29) is 5.78 Å². The van der Waals surface area contributed by atoms with Gasteiger partial charge in [-0.3, -0.25) is 4.79 Å². The molecule has 0 aromatic heterocycles. The molecule has 2 nitrogen and oxygen atoms in total. The van der Waals surface area contributed by atoms with Crippen molar-refractivity contribution in [1.82, 2.24) is 0 Å². The van der Waals surface area contributed by atoms with E-state index in [0.717, 1.165) is 5.57 Å². The molecule has 1 heterocycles. The number of rotatable bonds is 0. The molecule has 0 bridgehead atoms. The minimum atomic E-state index is -0.0258. The first-order valence-corrected chi connectivity index (χ1v) is 3.80. The highest BCUT2D eigenvalue weighted by Crippen LogP contribution is 2.20. The Balaban J connectivity index is 2.43. The summed E-state index contributed by atoms with van der Waals surface area (Å²) < 4.78 is 5.23. The predicted octanol–water partition coefficient (Wildman–Crippen LogP) is 1.52. The average Bonchev–Trinajstić information content (AvgIpc) is 2.42. The van der Waals surface area contributed by atoms with Gasteiger partial charge in [0.2, 0.25) is 0 Å². The van der Waals surface area contributed by atoms with Crippen molar-refractivity contribution in [3.05, 3.63) is 47.8 Å². The number of ether oxygens (including phenoxy) is 1. The molecule has 0 aromatic carbocycles. The van der Waals surface area contributed by atoms with Crippen LogP contribution in [-0.2, 0) is 9.53 Å². The van der Waals surface area contributed by atoms with Crippen LogP contribution in [0.2, 0.25) is 0 Å². The Hall–Kier alpha value is -1.57. The van der Waals surface area contributed by atoms with E-state index in [1.54, 1.807) is 6.08 Å². The fourth-order valence-corrected chi connectivity index (χ4v) is 1.17. The molecule has 2 aliphatic rings. The molecule has 60 valence electrons. The first-order chi connectivity index (χ1) is 5.86. The molecule has 0 atom stereocenters. The summed E-state index contributed by atoms with van der Waals surface area (Å²) in [6, 6.07) is 0. The number of allylic oxidation sites excluding steroid dienone is 5. The fraction of sp³-hybridized carbons (Fsp3) is 0.100. The lowest BCUT2D eigenvalue weighted by Gasteiger charge is -2.00. The number of hydrogen-bond acceptors (Lipinski definition) is 2. The van der Waals surface area contributed by atoms with Crippen molar-refractivity contribution in [2.45, 2.75) is 0 Å². The summed E-state index contributed by atoms with van der Waals surface area (Å²) in [6.45, 7) is 0.568. The van der Waals surface area contributed by atoms with Crippen molar-refractivity contribution in [2.75, 3.05) is 6.61 Å². The Kier molecular flexibility index (Phi) is 1.67. The van der Waals surface area contributed by atoms with Gasteiger partial charge in [0.15, 0.2) is 5.78 Å². The van der Waals surface area contributed by atoms with E-state index in [2.05, 4.69) is 0 Å². The van der Waals surface area contributed by atoms with E-state index >= 15 is 0 Å². The van der Waals surface area contributed by atoms with Crippen LogP contribution in [0.1, 0.15) is 0 Å². The molecule has 0 spiro atoms. The van der Waals surface area contributed by atoms with Crippen LogP contribution in [0.25, 0.3) is 0 Å². The summed E-state index contributed by atoms with van der Waals surface area (Å²) in [5, 5.41) is 0. The SMILES string of the molecule is O=C1/C=C\C=C/C2=CCO/C2=C/1. The molecule has 0 N–H and O–H groups in total. The van der Waals surface area contributed by atoms with E-state index in [1.807, 2.05) is 18.2 Å². The van der Waals surface area contributed by atoms with Crippen LogP contribution in [0.4, 0.5) is 0 Å². The number of ketones is 1. The van der Waals surface area contributed by atoms with Gasteiger partial charge in [0.25, 0.3) is 0 Å². The van der Waals surface area contributed by atoms with Crippen LogP contribution < -0.4 is 0 Å². The summed E-state index contributed by atoms with van der Waals surface area (Å²) in [6.07, 6.45) is 10.5. The Morgan fingerprint density at radius 3 is 3.00 bits per heavy atom. The summed E-state index contributed by atoms with van der Waals surface area (Å²) in [5.41, 5.74) is 0.993. The minimum absolute atomic E-state index is 0.0258. The number of hydrogen-bond donors (Lipinski definition) is 0. The average molecular weight is 160 g/mol. The van der Waals surface area contributed by atoms with E-state index < -0.39 is 0 Å². The van der Waals surface area contributed by atoms with E-state index in [9.17, 15) is 4.79 Å². The number of carbonyl (C=O) groups is 1. The van der Waals surface area contributed by atoms with Crippen molar-refractivity contribution in [3.8, 4) is 0 Å². The van der Waals surface area contributed by atoms with Gasteiger partial charge in [-0.1, -0.05) is 18.2 Å². The lowest BCUT2D eigenvalue weighted by molar-refractivity contribution is -0.110. The van der Waals surface area contributed by atoms with E-state index in [4.69, 9.17) is 4.74 Å². The quantitative estimate of drug-likeness (QED) is 0.537. The Morgan fingerprint density at radius 2 is 2.08 bits per heavy atom. The molecule has 1 aliphatic carbocycles. The van der Waals surface area contributed by atoms with Crippen molar-refractivity contribution in [2.24, 2.45) is 0 Å². The molecule has 2 heteroatoms. The normalized spacial score (nSPS) is 30.2. The van der Waals surface area contributed by atoms with E-state index in [0.29, 0.717) is 12.4 Å². The van der Waals surface area contributed by atoms with Gasteiger partial charge < -0.3 is 4.74 Å². The minimum Gasteiger partial charge on any atom is -0.489 e. The van der Waals surface area contributed by atoms with Crippen LogP contribution in [0.3, 0.4) is 0 Å². The van der Waals surface area contributed by atoms with Crippen LogP contribution >= 0.6 is 0 Å². The standard InChI is InChI=1S/C10H8O2/c11-9-4-2-1-3-8-5-6-12-10(8)7-9/h1-5,7H,6H2/b3-1-,4-2-,10-7+. The van der Waals surface area contributed by atoms with Gasteiger partial charge in [0.05, 0.1) is 0 Å². The molecule has 0 radical (unpaired) electrons. The molecule has 0 unspecified atom stereocenters. The second-order valence-electron chi connectivity index (χ2n) is 2.60. The van der Waals surface area contributed by atoms with Gasteiger partial charge in [0.1, 0.15) is 12.4 Å². The monoisotopic (exact) mass is 160 g/mol.